The zero-order valence-corrected chi connectivity index (χ0v) is 29.8. The number of rotatable bonds is 12. The molecule has 0 radical (unpaired) electrons. The molecular weight excluding hydrogens is 659 g/mol. The summed E-state index contributed by atoms with van der Waals surface area (Å²) in [5.41, 5.74) is 0.459. The van der Waals surface area contributed by atoms with Gasteiger partial charge in [0.05, 0.1) is 5.39 Å². The van der Waals surface area contributed by atoms with Crippen LogP contribution < -0.4 is 15.4 Å². The van der Waals surface area contributed by atoms with E-state index in [1.54, 1.807) is 39.1 Å². The fourth-order valence-electron chi connectivity index (χ4n) is 5.18. The molecule has 3 aromatic rings. The second kappa shape index (κ2) is 15.1. The number of hydrogen-bond donors (Lipinski definition) is 2. The first-order chi connectivity index (χ1) is 21.2. The first-order valence-electron chi connectivity index (χ1n) is 15.7. The number of fused-ring (bicyclic) bond motifs is 1. The van der Waals surface area contributed by atoms with Crippen LogP contribution in [0.5, 0.6) is 11.5 Å². The summed E-state index contributed by atoms with van der Waals surface area (Å²) >= 11 is 3.60. The van der Waals surface area contributed by atoms with Crippen molar-refractivity contribution >= 4 is 47.0 Å². The van der Waals surface area contributed by atoms with Gasteiger partial charge in [-0.2, -0.15) is 0 Å². The summed E-state index contributed by atoms with van der Waals surface area (Å²) < 4.78 is 35.5. The molecule has 1 aliphatic rings. The van der Waals surface area contributed by atoms with Crippen LogP contribution in [-0.2, 0) is 27.4 Å². The third-order valence-electron chi connectivity index (χ3n) is 7.51. The molecule has 9 nitrogen and oxygen atoms in total. The molecule has 45 heavy (non-hydrogen) atoms. The van der Waals surface area contributed by atoms with Gasteiger partial charge in [-0.05, 0) is 79.3 Å². The van der Waals surface area contributed by atoms with Gasteiger partial charge in [0.2, 0.25) is 5.91 Å². The molecule has 1 atom stereocenters. The summed E-state index contributed by atoms with van der Waals surface area (Å²) in [5.74, 6) is -0.436. The molecule has 4 rings (SSSR count). The van der Waals surface area contributed by atoms with Crippen LogP contribution >= 0.6 is 15.9 Å². The average molecular weight is 706 g/mol. The number of nitrogens with one attached hydrogen (secondary N) is 2. The molecule has 1 fully saturated rings. The van der Waals surface area contributed by atoms with Crippen LogP contribution in [-0.4, -0.2) is 53.9 Å². The van der Waals surface area contributed by atoms with E-state index in [2.05, 4.69) is 51.2 Å². The van der Waals surface area contributed by atoms with E-state index in [-0.39, 0.29) is 24.1 Å². The average Bonchev–Trinajstić information content (AvgIpc) is 3.27. The van der Waals surface area contributed by atoms with Gasteiger partial charge in [0.25, 0.3) is 0 Å². The van der Waals surface area contributed by atoms with Crippen LogP contribution in [0, 0.1) is 5.82 Å². The molecule has 12 heteroatoms. The van der Waals surface area contributed by atoms with Gasteiger partial charge in [-0.25, -0.2) is 14.2 Å². The van der Waals surface area contributed by atoms with E-state index in [1.165, 1.54) is 12.1 Å². The Morgan fingerprint density at radius 3 is 2.53 bits per heavy atom. The van der Waals surface area contributed by atoms with E-state index >= 15 is 4.39 Å². The van der Waals surface area contributed by atoms with Crippen LogP contribution in [0.1, 0.15) is 58.4 Å². The number of ether oxygens (including phenoxy) is 3. The predicted octanol–water partition coefficient (Wildman–Crippen LogP) is 7.93. The molecule has 0 unspecified atom stereocenters. The molecule has 1 saturated carbocycles. The predicted molar refractivity (Wildman–Crippen MR) is 180 cm³/mol. The van der Waals surface area contributed by atoms with Crippen LogP contribution in [0.3, 0.4) is 0 Å². The first kappa shape index (κ1) is 34.9. The van der Waals surface area contributed by atoms with E-state index in [4.69, 9.17) is 14.2 Å². The molecule has 1 aliphatic carbocycles. The standard InChI is InChI=1S/C33H46BrFN4O5Si/c1-33(2,3)44-32(41)38-26(31(40)37-23-10-8-7-9-11-23)19-22-12-13-27(25(35)18-22)43-28-14-15-36-30-29(28)24(34)20-39(30)21-42-16-17-45(4,5)6/h12-15,18,20,23,26H,7-11,16-17,19,21H2,1-6H3,(H,37,40)(H,38,41)/t26-/m0/s1. The third kappa shape index (κ3) is 10.5. The largest absolute Gasteiger partial charge is 0.453 e. The summed E-state index contributed by atoms with van der Waals surface area (Å²) in [5, 5.41) is 6.46. The Morgan fingerprint density at radius 1 is 1.13 bits per heavy atom. The van der Waals surface area contributed by atoms with Crippen molar-refractivity contribution in [2.75, 3.05) is 6.61 Å². The van der Waals surface area contributed by atoms with Crippen molar-refractivity contribution in [2.45, 2.75) is 109 Å². The highest BCUT2D eigenvalue weighted by Crippen LogP contribution is 2.36. The second-order valence-corrected chi connectivity index (χ2v) is 20.4. The van der Waals surface area contributed by atoms with Gasteiger partial charge in [0.1, 0.15) is 29.8 Å². The van der Waals surface area contributed by atoms with Crippen molar-refractivity contribution in [1.29, 1.82) is 0 Å². The van der Waals surface area contributed by atoms with Crippen LogP contribution in [0.2, 0.25) is 25.7 Å². The molecule has 2 aromatic heterocycles. The number of halogens is 2. The molecule has 1 aromatic carbocycles. The molecule has 0 saturated heterocycles. The Hall–Kier alpha value is -2.96. The van der Waals surface area contributed by atoms with Crippen molar-refractivity contribution in [3.05, 3.63) is 52.5 Å². The SMILES string of the molecule is CC(C)(C)OC(=O)N[C@@H](Cc1ccc(Oc2ccnc3c2c(Br)cn3COCC[Si](C)(C)C)c(F)c1)C(=O)NC1CCCCC1. The molecule has 0 aliphatic heterocycles. The summed E-state index contributed by atoms with van der Waals surface area (Å²) in [7, 11) is -1.20. The van der Waals surface area contributed by atoms with Gasteiger partial charge in [0, 0.05) is 44.0 Å². The monoisotopic (exact) mass is 704 g/mol. The maximum absolute atomic E-state index is 15.5. The lowest BCUT2D eigenvalue weighted by Crippen LogP contribution is -2.51. The number of pyridine rings is 1. The van der Waals surface area contributed by atoms with Gasteiger partial charge in [-0.1, -0.05) is 45.0 Å². The summed E-state index contributed by atoms with van der Waals surface area (Å²) in [4.78, 5) is 30.4. The Bertz CT molecular complexity index is 1480. The van der Waals surface area contributed by atoms with Crippen molar-refractivity contribution in [3.8, 4) is 11.5 Å². The molecular formula is C33H46BrFN4O5Si. The molecule has 0 bridgehead atoms. The number of carbonyl (C=O) groups is 2. The van der Waals surface area contributed by atoms with E-state index in [9.17, 15) is 9.59 Å². The van der Waals surface area contributed by atoms with Crippen molar-refractivity contribution in [2.24, 2.45) is 0 Å². The topological polar surface area (TPSA) is 104 Å². The zero-order chi connectivity index (χ0) is 32.8. The lowest BCUT2D eigenvalue weighted by Gasteiger charge is -2.27. The minimum atomic E-state index is -1.20. The number of nitrogens with zero attached hydrogens (tertiary/aromatic N) is 2. The van der Waals surface area contributed by atoms with Crippen LogP contribution in [0.15, 0.2) is 41.1 Å². The molecule has 2 heterocycles. The second-order valence-electron chi connectivity index (χ2n) is 13.9. The zero-order valence-electron chi connectivity index (χ0n) is 27.2. The normalized spacial score (nSPS) is 15.1. The summed E-state index contributed by atoms with van der Waals surface area (Å²) in [6, 6.07) is 6.44. The van der Waals surface area contributed by atoms with Crippen molar-refractivity contribution in [3.63, 3.8) is 0 Å². The fraction of sp³-hybridized carbons (Fsp3) is 0.545. The quantitative estimate of drug-likeness (QED) is 0.147. The highest BCUT2D eigenvalue weighted by molar-refractivity contribution is 9.10. The Kier molecular flexibility index (Phi) is 11.7. The maximum atomic E-state index is 15.5. The lowest BCUT2D eigenvalue weighted by atomic mass is 9.95. The molecule has 246 valence electrons. The number of benzene rings is 1. The van der Waals surface area contributed by atoms with Gasteiger partial charge in [-0.3, -0.25) is 4.79 Å². The Labute approximate surface area is 274 Å². The first-order valence-corrected chi connectivity index (χ1v) is 20.2. The fourth-order valence-corrected chi connectivity index (χ4v) is 6.56. The van der Waals surface area contributed by atoms with Gasteiger partial charge >= 0.3 is 6.09 Å². The van der Waals surface area contributed by atoms with E-state index < -0.39 is 31.6 Å². The van der Waals surface area contributed by atoms with Crippen molar-refractivity contribution < 1.29 is 28.2 Å². The maximum Gasteiger partial charge on any atom is 0.408 e. The highest BCUT2D eigenvalue weighted by atomic mass is 79.9. The number of hydrogen-bond acceptors (Lipinski definition) is 6. The van der Waals surface area contributed by atoms with Gasteiger partial charge in [-0.15, -0.1) is 0 Å². The Morgan fingerprint density at radius 2 is 1.87 bits per heavy atom. The Balaban J connectivity index is 1.48. The van der Waals surface area contributed by atoms with E-state index in [0.29, 0.717) is 35.7 Å². The number of carbonyl (C=O) groups excluding carboxylic acids is 2. The van der Waals surface area contributed by atoms with Crippen molar-refractivity contribution in [1.82, 2.24) is 20.2 Å². The number of amides is 2. The minimum absolute atomic E-state index is 0.0283. The third-order valence-corrected chi connectivity index (χ3v) is 9.82. The minimum Gasteiger partial charge on any atom is -0.453 e. The summed E-state index contributed by atoms with van der Waals surface area (Å²) in [6.07, 6.45) is 7.95. The van der Waals surface area contributed by atoms with Crippen LogP contribution in [0.4, 0.5) is 9.18 Å². The van der Waals surface area contributed by atoms with Gasteiger partial charge < -0.3 is 29.4 Å². The van der Waals surface area contributed by atoms with E-state index in [1.807, 2.05) is 10.8 Å². The van der Waals surface area contributed by atoms with E-state index in [0.717, 1.165) is 42.6 Å². The molecule has 0 spiro atoms. The number of alkyl carbamates (subject to hydrolysis) is 1. The number of aromatic nitrogens is 2. The van der Waals surface area contributed by atoms with Gasteiger partial charge in [0.15, 0.2) is 11.6 Å². The highest BCUT2D eigenvalue weighted by Gasteiger charge is 2.27. The summed E-state index contributed by atoms with van der Waals surface area (Å²) in [6.45, 7) is 13.2. The lowest BCUT2D eigenvalue weighted by molar-refractivity contribution is -0.124. The molecule has 2 N–H and O–H groups in total. The van der Waals surface area contributed by atoms with Crippen LogP contribution in [0.25, 0.3) is 11.0 Å². The smallest absolute Gasteiger partial charge is 0.408 e. The molecule has 2 amide bonds.